The number of halogens is 3. The largest absolute Gasteiger partial charge is 0.573 e. The number of nitrogens with one attached hydrogen (secondary N) is 2. The lowest BCUT2D eigenvalue weighted by atomic mass is 10.0. The van der Waals surface area contributed by atoms with Crippen LogP contribution in [0.2, 0.25) is 0 Å². The van der Waals surface area contributed by atoms with Crippen molar-refractivity contribution in [2.24, 2.45) is 5.10 Å². The molecule has 2 N–H and O–H groups in total. The molecule has 3 aromatic rings. The predicted octanol–water partition coefficient (Wildman–Crippen LogP) is 5.31. The fourth-order valence-electron chi connectivity index (χ4n) is 3.67. The first-order valence-corrected chi connectivity index (χ1v) is 11.2. The zero-order valence-corrected chi connectivity index (χ0v) is 19.8. The van der Waals surface area contributed by atoms with Crippen molar-refractivity contribution in [2.75, 3.05) is 12.4 Å². The van der Waals surface area contributed by atoms with Crippen LogP contribution in [0.5, 0.6) is 11.5 Å². The van der Waals surface area contributed by atoms with Crippen LogP contribution in [0.3, 0.4) is 0 Å². The number of benzene rings is 2. The number of carbonyl (C=O) groups excluding carboxylic acids is 2. The first kappa shape index (κ1) is 25.6. The number of carbonyl (C=O) groups is 2. The van der Waals surface area contributed by atoms with E-state index in [4.69, 9.17) is 9.47 Å². The highest BCUT2D eigenvalue weighted by atomic mass is 19.4. The molecule has 194 valence electrons. The number of methoxy groups -OCH3 is 1. The molecule has 0 bridgehead atoms. The molecule has 1 aliphatic heterocycles. The Labute approximate surface area is 209 Å². The van der Waals surface area contributed by atoms with Crippen molar-refractivity contribution in [3.8, 4) is 11.5 Å². The summed E-state index contributed by atoms with van der Waals surface area (Å²) in [4.78, 5) is 27.6. The number of hydrogen-bond donors (Lipinski definition) is 2. The third kappa shape index (κ3) is 6.21. The highest BCUT2D eigenvalue weighted by molar-refractivity contribution is 6.06. The molecule has 0 spiro atoms. The van der Waals surface area contributed by atoms with Gasteiger partial charge in [0.2, 0.25) is 0 Å². The summed E-state index contributed by atoms with van der Waals surface area (Å²) < 4.78 is 52.7. The van der Waals surface area contributed by atoms with Gasteiger partial charge in [0.05, 0.1) is 13.7 Å². The van der Waals surface area contributed by atoms with E-state index in [-0.39, 0.29) is 18.2 Å². The summed E-state index contributed by atoms with van der Waals surface area (Å²) in [6, 6.07) is 14.1. The van der Waals surface area contributed by atoms with E-state index in [1.807, 2.05) is 0 Å². The number of aromatic amines is 1. The number of hydrazone groups is 1. The summed E-state index contributed by atoms with van der Waals surface area (Å²) in [7, 11) is 1.22. The number of alkyl halides is 3. The van der Waals surface area contributed by atoms with Gasteiger partial charge in [-0.25, -0.2) is 4.79 Å². The Morgan fingerprint density at radius 2 is 1.92 bits per heavy atom. The van der Waals surface area contributed by atoms with Crippen LogP contribution in [0.4, 0.5) is 23.7 Å². The molecule has 0 radical (unpaired) electrons. The highest BCUT2D eigenvalue weighted by Crippen LogP contribution is 2.34. The normalized spacial score (nSPS) is 15.6. The summed E-state index contributed by atoms with van der Waals surface area (Å²) in [6.07, 6.45) is -4.20. The summed E-state index contributed by atoms with van der Waals surface area (Å²) in [5, 5.41) is 8.33. The Hall–Kier alpha value is -4.48. The smallest absolute Gasteiger partial charge is 0.493 e. The zero-order chi connectivity index (χ0) is 26.6. The minimum absolute atomic E-state index is 0.0655. The van der Waals surface area contributed by atoms with Crippen LogP contribution in [0.25, 0.3) is 0 Å². The molecule has 1 aliphatic rings. The SMILES string of the molecule is CCC1OC(=O)N(Cc2ccc(NC(=O)c3ccc[nH]3)cc2)N=C1c1ccc(OC(F)(F)F)c(OC)c1. The predicted molar refractivity (Wildman–Crippen MR) is 128 cm³/mol. The summed E-state index contributed by atoms with van der Waals surface area (Å²) in [5.74, 6) is -0.937. The first-order chi connectivity index (χ1) is 17.7. The van der Waals surface area contributed by atoms with E-state index in [2.05, 4.69) is 20.1 Å². The number of aromatic nitrogens is 1. The van der Waals surface area contributed by atoms with Gasteiger partial charge in [-0.1, -0.05) is 19.1 Å². The molecular formula is C25H23F3N4O5. The number of hydrogen-bond acceptors (Lipinski definition) is 6. The number of rotatable bonds is 8. The zero-order valence-electron chi connectivity index (χ0n) is 19.8. The standard InChI is InChI=1S/C25H23F3N4O5/c1-3-19-22(16-8-11-20(21(13-16)35-2)37-25(26,27)28)31-32(24(34)36-19)14-15-6-9-17(10-7-15)30-23(33)18-5-4-12-29-18/h4-13,19,29H,3,14H2,1-2H3,(H,30,33). The van der Waals surface area contributed by atoms with Crippen LogP contribution in [0.1, 0.15) is 35.0 Å². The van der Waals surface area contributed by atoms with E-state index in [1.54, 1.807) is 49.5 Å². The van der Waals surface area contributed by atoms with Gasteiger partial charge in [-0.2, -0.15) is 10.1 Å². The Morgan fingerprint density at radius 1 is 1.16 bits per heavy atom. The van der Waals surface area contributed by atoms with Crippen LogP contribution in [0.15, 0.2) is 65.9 Å². The molecular weight excluding hydrogens is 493 g/mol. The van der Waals surface area contributed by atoms with E-state index >= 15 is 0 Å². The van der Waals surface area contributed by atoms with Gasteiger partial charge in [0.15, 0.2) is 11.5 Å². The maximum absolute atomic E-state index is 12.7. The second kappa shape index (κ2) is 10.6. The Morgan fingerprint density at radius 3 is 2.54 bits per heavy atom. The quantitative estimate of drug-likeness (QED) is 0.422. The van der Waals surface area contributed by atoms with Gasteiger partial charge in [-0.05, 0) is 54.4 Å². The van der Waals surface area contributed by atoms with Crippen molar-refractivity contribution in [1.82, 2.24) is 9.99 Å². The minimum Gasteiger partial charge on any atom is -0.493 e. The van der Waals surface area contributed by atoms with E-state index in [9.17, 15) is 22.8 Å². The molecule has 0 fully saturated rings. The number of anilines is 1. The molecule has 1 aromatic heterocycles. The van der Waals surface area contributed by atoms with Gasteiger partial charge < -0.3 is 24.5 Å². The molecule has 1 atom stereocenters. The molecule has 12 heteroatoms. The lowest BCUT2D eigenvalue weighted by Gasteiger charge is -2.29. The fraction of sp³-hybridized carbons (Fsp3) is 0.240. The summed E-state index contributed by atoms with van der Waals surface area (Å²) in [6.45, 7) is 1.86. The van der Waals surface area contributed by atoms with Crippen molar-refractivity contribution in [3.05, 3.63) is 77.6 Å². The van der Waals surface area contributed by atoms with E-state index in [0.717, 1.165) is 11.1 Å². The highest BCUT2D eigenvalue weighted by Gasteiger charge is 2.34. The molecule has 2 heterocycles. The van der Waals surface area contributed by atoms with E-state index in [1.165, 1.54) is 19.2 Å². The third-order valence-electron chi connectivity index (χ3n) is 5.43. The van der Waals surface area contributed by atoms with E-state index in [0.29, 0.717) is 34.6 Å². The van der Waals surface area contributed by atoms with Crippen LogP contribution < -0.4 is 14.8 Å². The van der Waals surface area contributed by atoms with Gasteiger partial charge in [-0.3, -0.25) is 4.79 Å². The molecule has 1 unspecified atom stereocenters. The van der Waals surface area contributed by atoms with Gasteiger partial charge >= 0.3 is 12.5 Å². The fourth-order valence-corrected chi connectivity index (χ4v) is 3.67. The van der Waals surface area contributed by atoms with Crippen molar-refractivity contribution in [3.63, 3.8) is 0 Å². The Kier molecular flexibility index (Phi) is 7.37. The topological polar surface area (TPSA) is 105 Å². The minimum atomic E-state index is -4.88. The Balaban J connectivity index is 1.53. The second-order valence-corrected chi connectivity index (χ2v) is 7.97. The lowest BCUT2D eigenvalue weighted by Crippen LogP contribution is -2.41. The molecule has 9 nitrogen and oxygen atoms in total. The van der Waals surface area contributed by atoms with Crippen molar-refractivity contribution >= 4 is 23.4 Å². The molecule has 2 amide bonds. The molecule has 4 rings (SSSR count). The van der Waals surface area contributed by atoms with Crippen molar-refractivity contribution in [2.45, 2.75) is 32.4 Å². The van der Waals surface area contributed by atoms with Gasteiger partial charge in [0.1, 0.15) is 17.5 Å². The monoisotopic (exact) mass is 516 g/mol. The molecule has 0 saturated carbocycles. The van der Waals surface area contributed by atoms with Crippen LogP contribution >= 0.6 is 0 Å². The van der Waals surface area contributed by atoms with Crippen molar-refractivity contribution in [1.29, 1.82) is 0 Å². The molecule has 0 aliphatic carbocycles. The number of amides is 2. The van der Waals surface area contributed by atoms with Gasteiger partial charge in [-0.15, -0.1) is 13.2 Å². The number of nitrogens with zero attached hydrogens (tertiary/aromatic N) is 2. The number of ether oxygens (including phenoxy) is 3. The van der Waals surface area contributed by atoms with Crippen LogP contribution in [0, 0.1) is 0 Å². The molecule has 2 aromatic carbocycles. The number of H-pyrrole nitrogens is 1. The maximum Gasteiger partial charge on any atom is 0.573 e. The summed E-state index contributed by atoms with van der Waals surface area (Å²) in [5.41, 5.74) is 2.46. The van der Waals surface area contributed by atoms with Gasteiger partial charge in [0.25, 0.3) is 5.91 Å². The van der Waals surface area contributed by atoms with E-state index < -0.39 is 24.3 Å². The third-order valence-corrected chi connectivity index (χ3v) is 5.43. The summed E-state index contributed by atoms with van der Waals surface area (Å²) >= 11 is 0. The lowest BCUT2D eigenvalue weighted by molar-refractivity contribution is -0.275. The average molecular weight is 516 g/mol. The van der Waals surface area contributed by atoms with Crippen LogP contribution in [-0.2, 0) is 11.3 Å². The van der Waals surface area contributed by atoms with Gasteiger partial charge in [0, 0.05) is 17.4 Å². The average Bonchev–Trinajstić information content (AvgIpc) is 3.41. The Bertz CT molecular complexity index is 1290. The first-order valence-electron chi connectivity index (χ1n) is 11.2. The second-order valence-electron chi connectivity index (χ2n) is 7.97. The number of cyclic esters (lactones) is 1. The maximum atomic E-state index is 12.7. The van der Waals surface area contributed by atoms with Crippen LogP contribution in [-0.4, -0.2) is 47.3 Å². The molecule has 37 heavy (non-hydrogen) atoms. The van der Waals surface area contributed by atoms with Crippen molar-refractivity contribution < 1.29 is 37.0 Å². The molecule has 0 saturated heterocycles.